The molecule has 130 valence electrons. The summed E-state index contributed by atoms with van der Waals surface area (Å²) in [6, 6.07) is 5.95. The van der Waals surface area contributed by atoms with Gasteiger partial charge in [-0.15, -0.1) is 0 Å². The van der Waals surface area contributed by atoms with Gasteiger partial charge in [-0.1, -0.05) is 13.8 Å². The summed E-state index contributed by atoms with van der Waals surface area (Å²) in [6.07, 6.45) is 2.85. The standard InChI is InChI=1S/C19H27N3O2/c1-13(2)15-6-9-21(10-7-15)16-4-5-17(14(3)12-16)22-11-8-18(23)20-19(22)24/h4-5,12-13,15H,6-11H2,1-3H3,(H,20,23,24). The topological polar surface area (TPSA) is 52.6 Å². The fourth-order valence-electron chi connectivity index (χ4n) is 3.76. The number of carbonyl (C=O) groups is 2. The monoisotopic (exact) mass is 329 g/mol. The van der Waals surface area contributed by atoms with Gasteiger partial charge in [0.2, 0.25) is 5.91 Å². The van der Waals surface area contributed by atoms with Crippen LogP contribution >= 0.6 is 0 Å². The normalized spacial score (nSPS) is 19.8. The van der Waals surface area contributed by atoms with Crippen LogP contribution in [0.1, 0.15) is 38.7 Å². The van der Waals surface area contributed by atoms with Crippen LogP contribution in [0.3, 0.4) is 0 Å². The molecule has 1 aromatic carbocycles. The summed E-state index contributed by atoms with van der Waals surface area (Å²) in [7, 11) is 0. The molecule has 0 aliphatic carbocycles. The number of hydrogen-bond donors (Lipinski definition) is 1. The first kappa shape index (κ1) is 16.8. The van der Waals surface area contributed by atoms with Gasteiger partial charge in [0, 0.05) is 37.4 Å². The lowest BCUT2D eigenvalue weighted by atomic mass is 9.86. The lowest BCUT2D eigenvalue weighted by Gasteiger charge is -2.36. The second-order valence-electron chi connectivity index (χ2n) is 7.29. The summed E-state index contributed by atoms with van der Waals surface area (Å²) >= 11 is 0. The van der Waals surface area contributed by atoms with E-state index in [1.54, 1.807) is 4.90 Å². The van der Waals surface area contributed by atoms with Crippen LogP contribution in [-0.4, -0.2) is 31.6 Å². The highest BCUT2D eigenvalue weighted by Crippen LogP contribution is 2.31. The van der Waals surface area contributed by atoms with E-state index in [0.29, 0.717) is 13.0 Å². The quantitative estimate of drug-likeness (QED) is 0.925. The van der Waals surface area contributed by atoms with Gasteiger partial charge in [0.15, 0.2) is 0 Å². The fourth-order valence-corrected chi connectivity index (χ4v) is 3.76. The lowest BCUT2D eigenvalue weighted by molar-refractivity contribution is -0.120. The van der Waals surface area contributed by atoms with E-state index in [9.17, 15) is 9.59 Å². The molecule has 2 aliphatic heterocycles. The Kier molecular flexibility index (Phi) is 4.78. The molecule has 1 N–H and O–H groups in total. The molecule has 3 amide bonds. The van der Waals surface area contributed by atoms with Crippen molar-refractivity contribution in [3.05, 3.63) is 23.8 Å². The van der Waals surface area contributed by atoms with E-state index >= 15 is 0 Å². The summed E-state index contributed by atoms with van der Waals surface area (Å²) in [5.41, 5.74) is 3.19. The Morgan fingerprint density at radius 3 is 2.42 bits per heavy atom. The van der Waals surface area contributed by atoms with Gasteiger partial charge >= 0.3 is 6.03 Å². The van der Waals surface area contributed by atoms with E-state index < -0.39 is 0 Å². The Balaban J connectivity index is 1.71. The highest BCUT2D eigenvalue weighted by molar-refractivity contribution is 6.06. The van der Waals surface area contributed by atoms with Crippen LogP contribution in [0, 0.1) is 18.8 Å². The smallest absolute Gasteiger partial charge is 0.328 e. The largest absolute Gasteiger partial charge is 0.372 e. The number of anilines is 2. The number of nitrogens with one attached hydrogen (secondary N) is 1. The Morgan fingerprint density at radius 1 is 1.12 bits per heavy atom. The number of imide groups is 1. The first-order valence-corrected chi connectivity index (χ1v) is 8.92. The molecule has 2 heterocycles. The molecule has 0 bridgehead atoms. The molecule has 3 rings (SSSR count). The van der Waals surface area contributed by atoms with Gasteiger partial charge in [-0.05, 0) is 55.4 Å². The zero-order valence-corrected chi connectivity index (χ0v) is 14.8. The van der Waals surface area contributed by atoms with Gasteiger partial charge in [-0.2, -0.15) is 0 Å². The van der Waals surface area contributed by atoms with Crippen molar-refractivity contribution >= 4 is 23.3 Å². The summed E-state index contributed by atoms with van der Waals surface area (Å²) < 4.78 is 0. The van der Waals surface area contributed by atoms with Gasteiger partial charge in [-0.3, -0.25) is 15.0 Å². The maximum absolute atomic E-state index is 12.0. The lowest BCUT2D eigenvalue weighted by Crippen LogP contribution is -2.49. The predicted molar refractivity (Wildman–Crippen MR) is 96.5 cm³/mol. The number of carbonyl (C=O) groups excluding carboxylic acids is 2. The average molecular weight is 329 g/mol. The summed E-state index contributed by atoms with van der Waals surface area (Å²) in [6.45, 7) is 9.30. The van der Waals surface area contributed by atoms with Gasteiger partial charge in [0.25, 0.3) is 0 Å². The Hall–Kier alpha value is -2.04. The minimum absolute atomic E-state index is 0.196. The molecule has 24 heavy (non-hydrogen) atoms. The second kappa shape index (κ2) is 6.83. The number of benzene rings is 1. The maximum Gasteiger partial charge on any atom is 0.328 e. The summed E-state index contributed by atoms with van der Waals surface area (Å²) in [5.74, 6) is 1.39. The van der Waals surface area contributed by atoms with Crippen molar-refractivity contribution < 1.29 is 9.59 Å². The van der Waals surface area contributed by atoms with Gasteiger partial charge in [0.05, 0.1) is 0 Å². The second-order valence-corrected chi connectivity index (χ2v) is 7.29. The molecule has 0 saturated carbocycles. The Bertz CT molecular complexity index is 633. The highest BCUT2D eigenvalue weighted by atomic mass is 16.2. The third kappa shape index (κ3) is 3.40. The van der Waals surface area contributed by atoms with E-state index in [0.717, 1.165) is 36.2 Å². The molecule has 0 spiro atoms. The van der Waals surface area contributed by atoms with Gasteiger partial charge in [0.1, 0.15) is 0 Å². The van der Waals surface area contributed by atoms with E-state index in [1.807, 2.05) is 13.0 Å². The van der Waals surface area contributed by atoms with Gasteiger partial charge in [-0.25, -0.2) is 4.79 Å². The van der Waals surface area contributed by atoms with Crippen LogP contribution in [0.25, 0.3) is 0 Å². The van der Waals surface area contributed by atoms with E-state index in [1.165, 1.54) is 18.5 Å². The van der Waals surface area contributed by atoms with Crippen molar-refractivity contribution in [1.29, 1.82) is 0 Å². The third-order valence-electron chi connectivity index (χ3n) is 5.37. The van der Waals surface area contributed by atoms with Crippen molar-refractivity contribution in [2.24, 2.45) is 11.8 Å². The Morgan fingerprint density at radius 2 is 1.83 bits per heavy atom. The van der Waals surface area contributed by atoms with E-state index in [4.69, 9.17) is 0 Å². The molecule has 2 saturated heterocycles. The first-order chi connectivity index (χ1) is 11.5. The highest BCUT2D eigenvalue weighted by Gasteiger charge is 2.26. The summed E-state index contributed by atoms with van der Waals surface area (Å²) in [4.78, 5) is 27.4. The van der Waals surface area contributed by atoms with Crippen LogP contribution in [0.5, 0.6) is 0 Å². The molecular weight excluding hydrogens is 302 g/mol. The number of rotatable bonds is 3. The van der Waals surface area contributed by atoms with E-state index in [-0.39, 0.29) is 11.9 Å². The van der Waals surface area contributed by atoms with Crippen molar-refractivity contribution in [2.45, 2.75) is 40.0 Å². The Labute approximate surface area is 144 Å². The number of amides is 3. The minimum atomic E-state index is -0.320. The molecule has 2 fully saturated rings. The van der Waals surface area contributed by atoms with Crippen LogP contribution in [0.15, 0.2) is 18.2 Å². The molecule has 5 heteroatoms. The molecular formula is C19H27N3O2. The third-order valence-corrected chi connectivity index (χ3v) is 5.37. The average Bonchev–Trinajstić information content (AvgIpc) is 2.55. The van der Waals surface area contributed by atoms with E-state index in [2.05, 4.69) is 36.2 Å². The van der Waals surface area contributed by atoms with Crippen molar-refractivity contribution in [1.82, 2.24) is 5.32 Å². The number of hydrogen-bond acceptors (Lipinski definition) is 3. The number of aryl methyl sites for hydroxylation is 1. The molecule has 0 aromatic heterocycles. The number of urea groups is 1. The molecule has 0 atom stereocenters. The van der Waals surface area contributed by atoms with Gasteiger partial charge < -0.3 is 4.90 Å². The van der Waals surface area contributed by atoms with Crippen molar-refractivity contribution in [2.75, 3.05) is 29.4 Å². The van der Waals surface area contributed by atoms with Crippen LogP contribution in [0.2, 0.25) is 0 Å². The zero-order chi connectivity index (χ0) is 17.3. The minimum Gasteiger partial charge on any atom is -0.372 e. The predicted octanol–water partition coefficient (Wildman–Crippen LogP) is 3.31. The van der Waals surface area contributed by atoms with Crippen LogP contribution in [0.4, 0.5) is 16.2 Å². The molecule has 0 radical (unpaired) electrons. The molecule has 1 aromatic rings. The fraction of sp³-hybridized carbons (Fsp3) is 0.579. The van der Waals surface area contributed by atoms with Crippen LogP contribution < -0.4 is 15.1 Å². The molecule has 0 unspecified atom stereocenters. The molecule has 5 nitrogen and oxygen atoms in total. The summed E-state index contributed by atoms with van der Waals surface area (Å²) in [5, 5.41) is 2.39. The maximum atomic E-state index is 12.0. The van der Waals surface area contributed by atoms with Crippen LogP contribution in [-0.2, 0) is 4.79 Å². The number of piperidine rings is 1. The zero-order valence-electron chi connectivity index (χ0n) is 14.8. The van der Waals surface area contributed by atoms with Crippen molar-refractivity contribution in [3.8, 4) is 0 Å². The van der Waals surface area contributed by atoms with Crippen molar-refractivity contribution in [3.63, 3.8) is 0 Å². The molecule has 2 aliphatic rings. The number of nitrogens with zero attached hydrogens (tertiary/aromatic N) is 2. The first-order valence-electron chi connectivity index (χ1n) is 8.92. The SMILES string of the molecule is Cc1cc(N2CCC(C(C)C)CC2)ccc1N1CCC(=O)NC1=O.